The van der Waals surface area contributed by atoms with Crippen LogP contribution in [0, 0.1) is 16.0 Å². The number of nitrogens with one attached hydrogen (secondary N) is 1. The van der Waals surface area contributed by atoms with Crippen molar-refractivity contribution in [1.29, 1.82) is 0 Å². The number of anilines is 1. The van der Waals surface area contributed by atoms with Crippen LogP contribution in [0.2, 0.25) is 0 Å². The lowest BCUT2D eigenvalue weighted by molar-refractivity contribution is -0.384. The summed E-state index contributed by atoms with van der Waals surface area (Å²) >= 11 is 0. The van der Waals surface area contributed by atoms with E-state index in [2.05, 4.69) is 10.3 Å². The van der Waals surface area contributed by atoms with Gasteiger partial charge >= 0.3 is 0 Å². The number of rotatable bonds is 5. The highest BCUT2D eigenvalue weighted by Gasteiger charge is 2.30. The molecule has 3 aromatic rings. The molecule has 0 spiro atoms. The first-order valence-electron chi connectivity index (χ1n) is 9.95. The summed E-state index contributed by atoms with van der Waals surface area (Å²) in [6.07, 6.45) is 5.96. The van der Waals surface area contributed by atoms with Crippen molar-refractivity contribution < 1.29 is 14.5 Å². The number of nitrogens with zero attached hydrogens (tertiary/aromatic N) is 4. The van der Waals surface area contributed by atoms with Crippen LogP contribution >= 0.6 is 0 Å². The van der Waals surface area contributed by atoms with Gasteiger partial charge in [-0.3, -0.25) is 19.7 Å². The minimum atomic E-state index is -0.515. The third-order valence-electron chi connectivity index (χ3n) is 5.32. The van der Waals surface area contributed by atoms with Gasteiger partial charge in [-0.2, -0.15) is 0 Å². The highest BCUT2D eigenvalue weighted by atomic mass is 16.6. The number of likely N-dealkylation sites (tertiary alicyclic amines) is 1. The van der Waals surface area contributed by atoms with Gasteiger partial charge < -0.3 is 14.8 Å². The topological polar surface area (TPSA) is 110 Å². The van der Waals surface area contributed by atoms with Gasteiger partial charge in [0.25, 0.3) is 11.6 Å². The third kappa shape index (κ3) is 4.45. The fourth-order valence-electron chi connectivity index (χ4n) is 3.75. The fraction of sp³-hybridized carbons (Fsp3) is 0.227. The number of carbonyl (C=O) groups is 2. The van der Waals surface area contributed by atoms with E-state index in [-0.39, 0.29) is 35.5 Å². The smallest absolute Gasteiger partial charge is 0.294 e. The molecule has 0 radical (unpaired) electrons. The summed E-state index contributed by atoms with van der Waals surface area (Å²) in [7, 11) is 0. The third-order valence-corrected chi connectivity index (χ3v) is 5.32. The first-order chi connectivity index (χ1) is 15.0. The van der Waals surface area contributed by atoms with E-state index in [1.165, 1.54) is 29.2 Å². The maximum absolute atomic E-state index is 13.1. The van der Waals surface area contributed by atoms with Crippen molar-refractivity contribution in [2.24, 2.45) is 5.92 Å². The first-order valence-corrected chi connectivity index (χ1v) is 9.95. The lowest BCUT2D eigenvalue weighted by Gasteiger charge is -2.32. The largest absolute Gasteiger partial charge is 0.338 e. The number of piperidine rings is 1. The molecule has 2 amide bonds. The van der Waals surface area contributed by atoms with Gasteiger partial charge in [0.05, 0.1) is 17.2 Å². The maximum Gasteiger partial charge on any atom is 0.294 e. The Kier molecular flexibility index (Phi) is 5.74. The number of hydrogen-bond donors (Lipinski definition) is 1. The second-order valence-corrected chi connectivity index (χ2v) is 7.38. The molecule has 1 aliphatic heterocycles. The summed E-state index contributed by atoms with van der Waals surface area (Å²) in [5, 5.41) is 14.5. The van der Waals surface area contributed by atoms with E-state index in [9.17, 15) is 19.7 Å². The molecule has 1 atom stereocenters. The molecule has 0 aliphatic carbocycles. The molecule has 1 fully saturated rings. The second kappa shape index (κ2) is 8.78. The maximum atomic E-state index is 13.1. The van der Waals surface area contributed by atoms with E-state index < -0.39 is 4.92 Å². The molecule has 2 aromatic carbocycles. The zero-order chi connectivity index (χ0) is 21.8. The Morgan fingerprint density at radius 1 is 1.16 bits per heavy atom. The van der Waals surface area contributed by atoms with Crippen LogP contribution in [-0.4, -0.2) is 44.3 Å². The van der Waals surface area contributed by atoms with Gasteiger partial charge in [0.15, 0.2) is 0 Å². The van der Waals surface area contributed by atoms with Crippen LogP contribution in [0.5, 0.6) is 0 Å². The zero-order valence-electron chi connectivity index (χ0n) is 16.7. The predicted molar refractivity (Wildman–Crippen MR) is 114 cm³/mol. The van der Waals surface area contributed by atoms with Gasteiger partial charge in [0.2, 0.25) is 5.91 Å². The summed E-state index contributed by atoms with van der Waals surface area (Å²) in [6.45, 7) is 0.777. The molecule has 9 heteroatoms. The Morgan fingerprint density at radius 3 is 2.68 bits per heavy atom. The van der Waals surface area contributed by atoms with Crippen molar-refractivity contribution in [1.82, 2.24) is 14.5 Å². The van der Waals surface area contributed by atoms with Crippen molar-refractivity contribution in [3.05, 3.63) is 82.9 Å². The van der Waals surface area contributed by atoms with Gasteiger partial charge in [-0.05, 0) is 37.1 Å². The quantitative estimate of drug-likeness (QED) is 0.504. The number of nitro groups is 1. The van der Waals surface area contributed by atoms with E-state index in [1.807, 2.05) is 30.3 Å². The monoisotopic (exact) mass is 419 g/mol. The van der Waals surface area contributed by atoms with Crippen LogP contribution in [0.15, 0.2) is 67.3 Å². The summed E-state index contributed by atoms with van der Waals surface area (Å²) in [6, 6.07) is 13.6. The number of benzene rings is 2. The molecule has 1 aliphatic rings. The molecule has 1 N–H and O–H groups in total. The molecule has 158 valence electrons. The van der Waals surface area contributed by atoms with Gasteiger partial charge in [0, 0.05) is 42.8 Å². The molecule has 9 nitrogen and oxygen atoms in total. The molecule has 1 unspecified atom stereocenters. The Labute approximate surface area is 178 Å². The Morgan fingerprint density at radius 2 is 1.97 bits per heavy atom. The number of nitro benzene ring substituents is 1. The summed E-state index contributed by atoms with van der Waals surface area (Å²) in [5.74, 6) is -0.791. The highest BCUT2D eigenvalue weighted by molar-refractivity contribution is 5.97. The summed E-state index contributed by atoms with van der Waals surface area (Å²) in [4.78, 5) is 42.3. The van der Waals surface area contributed by atoms with Crippen molar-refractivity contribution in [3.63, 3.8) is 0 Å². The van der Waals surface area contributed by atoms with E-state index in [1.54, 1.807) is 17.2 Å². The van der Waals surface area contributed by atoms with Gasteiger partial charge in [-0.25, -0.2) is 4.98 Å². The molecule has 4 rings (SSSR count). The Bertz CT molecular complexity index is 1100. The number of amides is 2. The van der Waals surface area contributed by atoms with Crippen LogP contribution in [0.1, 0.15) is 23.2 Å². The minimum absolute atomic E-state index is 0.134. The summed E-state index contributed by atoms with van der Waals surface area (Å²) < 4.78 is 1.53. The molecule has 31 heavy (non-hydrogen) atoms. The van der Waals surface area contributed by atoms with Crippen LogP contribution in [0.3, 0.4) is 0 Å². The molecule has 1 aromatic heterocycles. The molecule has 0 saturated carbocycles. The molecular formula is C22H21N5O4. The van der Waals surface area contributed by atoms with Gasteiger partial charge in [-0.15, -0.1) is 0 Å². The van der Waals surface area contributed by atoms with Crippen molar-refractivity contribution >= 4 is 23.2 Å². The highest BCUT2D eigenvalue weighted by Crippen LogP contribution is 2.26. The van der Waals surface area contributed by atoms with Gasteiger partial charge in [-0.1, -0.05) is 18.2 Å². The Balaban J connectivity index is 1.50. The average molecular weight is 419 g/mol. The molecule has 2 heterocycles. The zero-order valence-corrected chi connectivity index (χ0v) is 16.7. The normalized spacial score (nSPS) is 16.0. The molecule has 0 bridgehead atoms. The van der Waals surface area contributed by atoms with Crippen LogP contribution in [-0.2, 0) is 4.79 Å². The first kappa shape index (κ1) is 20.3. The van der Waals surface area contributed by atoms with E-state index >= 15 is 0 Å². The SMILES string of the molecule is O=C(Nc1ccccc1)C1CCCN(C(=O)c2ccc(-n3ccnc3)c([N+](=O)[O-])c2)C1. The van der Waals surface area contributed by atoms with Crippen molar-refractivity contribution in [3.8, 4) is 5.69 Å². The van der Waals surface area contributed by atoms with E-state index in [4.69, 9.17) is 0 Å². The lowest BCUT2D eigenvalue weighted by atomic mass is 9.96. The fourth-order valence-corrected chi connectivity index (χ4v) is 3.75. The van der Waals surface area contributed by atoms with E-state index in [0.29, 0.717) is 30.8 Å². The number of carbonyl (C=O) groups excluding carboxylic acids is 2. The van der Waals surface area contributed by atoms with Crippen LogP contribution in [0.4, 0.5) is 11.4 Å². The van der Waals surface area contributed by atoms with Crippen LogP contribution in [0.25, 0.3) is 5.69 Å². The Hall–Kier alpha value is -4.01. The van der Waals surface area contributed by atoms with Gasteiger partial charge in [0.1, 0.15) is 5.69 Å². The number of para-hydroxylation sites is 1. The predicted octanol–water partition coefficient (Wildman–Crippen LogP) is 3.27. The van der Waals surface area contributed by atoms with E-state index in [0.717, 1.165) is 0 Å². The number of aromatic nitrogens is 2. The minimum Gasteiger partial charge on any atom is -0.338 e. The molecular weight excluding hydrogens is 398 g/mol. The van der Waals surface area contributed by atoms with Crippen molar-refractivity contribution in [2.75, 3.05) is 18.4 Å². The number of hydrogen-bond acceptors (Lipinski definition) is 5. The molecule has 1 saturated heterocycles. The lowest BCUT2D eigenvalue weighted by Crippen LogP contribution is -2.43. The van der Waals surface area contributed by atoms with Crippen LogP contribution < -0.4 is 5.32 Å². The average Bonchev–Trinajstić information content (AvgIpc) is 3.34. The number of imidazole rings is 1. The van der Waals surface area contributed by atoms with Crippen molar-refractivity contribution in [2.45, 2.75) is 12.8 Å². The standard InChI is InChI=1S/C22H21N5O4/c28-21(24-18-6-2-1-3-7-18)17-5-4-11-25(14-17)22(29)16-8-9-19(20(13-16)27(30)31)26-12-10-23-15-26/h1-3,6-10,12-13,15,17H,4-5,11,14H2,(H,24,28). The summed E-state index contributed by atoms with van der Waals surface area (Å²) in [5.41, 5.74) is 1.08. The second-order valence-electron chi connectivity index (χ2n) is 7.38.